The van der Waals surface area contributed by atoms with E-state index < -0.39 is 9.84 Å². The highest BCUT2D eigenvalue weighted by Crippen LogP contribution is 2.22. The van der Waals surface area contributed by atoms with E-state index >= 15 is 0 Å². The van der Waals surface area contributed by atoms with E-state index in [0.29, 0.717) is 12.2 Å². The third kappa shape index (κ3) is 3.96. The molecule has 1 unspecified atom stereocenters. The fourth-order valence-corrected chi connectivity index (χ4v) is 4.09. The SMILES string of the molecule is CC(=O)Nc1ccc(NC2CCCS(=O)(=O)C2)cc1C. The van der Waals surface area contributed by atoms with E-state index in [0.717, 1.165) is 23.4 Å². The third-order valence-electron chi connectivity index (χ3n) is 3.37. The fraction of sp³-hybridized carbons (Fsp3) is 0.500. The maximum absolute atomic E-state index is 11.6. The molecule has 0 spiro atoms. The number of nitrogens with one attached hydrogen (secondary N) is 2. The molecular formula is C14H20N2O3S. The van der Waals surface area contributed by atoms with Gasteiger partial charge in [0, 0.05) is 24.3 Å². The van der Waals surface area contributed by atoms with Crippen molar-refractivity contribution in [1.29, 1.82) is 0 Å². The largest absolute Gasteiger partial charge is 0.381 e. The minimum atomic E-state index is -2.91. The number of sulfone groups is 1. The summed E-state index contributed by atoms with van der Waals surface area (Å²) in [6, 6.07) is 5.59. The average Bonchev–Trinajstić information content (AvgIpc) is 2.31. The van der Waals surface area contributed by atoms with Crippen LogP contribution in [0.4, 0.5) is 11.4 Å². The van der Waals surface area contributed by atoms with Gasteiger partial charge in [-0.1, -0.05) is 0 Å². The summed E-state index contributed by atoms with van der Waals surface area (Å²) < 4.78 is 23.2. The van der Waals surface area contributed by atoms with Crippen LogP contribution in [0.3, 0.4) is 0 Å². The Balaban J connectivity index is 2.07. The first-order valence-corrected chi connectivity index (χ1v) is 8.53. The van der Waals surface area contributed by atoms with Crippen molar-refractivity contribution in [3.63, 3.8) is 0 Å². The zero-order chi connectivity index (χ0) is 14.8. The number of benzene rings is 1. The van der Waals surface area contributed by atoms with Gasteiger partial charge in [0.2, 0.25) is 5.91 Å². The maximum Gasteiger partial charge on any atom is 0.221 e. The Hall–Kier alpha value is -1.56. The number of carbonyl (C=O) groups excluding carboxylic acids is 1. The molecule has 110 valence electrons. The van der Waals surface area contributed by atoms with Crippen LogP contribution in [0.2, 0.25) is 0 Å². The predicted octanol–water partition coefficient (Wildman–Crippen LogP) is 1.94. The average molecular weight is 296 g/mol. The Morgan fingerprint density at radius 3 is 2.70 bits per heavy atom. The molecule has 2 N–H and O–H groups in total. The summed E-state index contributed by atoms with van der Waals surface area (Å²) in [7, 11) is -2.91. The lowest BCUT2D eigenvalue weighted by Gasteiger charge is -2.24. The van der Waals surface area contributed by atoms with Crippen LogP contribution in [0.1, 0.15) is 25.3 Å². The number of anilines is 2. The third-order valence-corrected chi connectivity index (χ3v) is 5.19. The van der Waals surface area contributed by atoms with Gasteiger partial charge >= 0.3 is 0 Å². The lowest BCUT2D eigenvalue weighted by Crippen LogP contribution is -2.34. The minimum absolute atomic E-state index is 0.0280. The van der Waals surface area contributed by atoms with Gasteiger partial charge in [-0.05, 0) is 43.5 Å². The summed E-state index contributed by atoms with van der Waals surface area (Å²) in [4.78, 5) is 11.0. The molecule has 0 saturated carbocycles. The van der Waals surface area contributed by atoms with E-state index in [2.05, 4.69) is 10.6 Å². The van der Waals surface area contributed by atoms with E-state index in [1.54, 1.807) is 0 Å². The van der Waals surface area contributed by atoms with E-state index in [9.17, 15) is 13.2 Å². The first-order valence-electron chi connectivity index (χ1n) is 6.71. The van der Waals surface area contributed by atoms with Crippen LogP contribution in [0.5, 0.6) is 0 Å². The van der Waals surface area contributed by atoms with Crippen molar-refractivity contribution in [3.05, 3.63) is 23.8 Å². The summed E-state index contributed by atoms with van der Waals surface area (Å²) in [5.41, 5.74) is 2.61. The topological polar surface area (TPSA) is 75.3 Å². The van der Waals surface area contributed by atoms with Crippen molar-refractivity contribution in [1.82, 2.24) is 0 Å². The van der Waals surface area contributed by atoms with Crippen LogP contribution in [0.15, 0.2) is 18.2 Å². The summed E-state index contributed by atoms with van der Waals surface area (Å²) in [6.45, 7) is 3.38. The number of amides is 1. The predicted molar refractivity (Wildman–Crippen MR) is 80.8 cm³/mol. The zero-order valence-electron chi connectivity index (χ0n) is 11.8. The van der Waals surface area contributed by atoms with Crippen molar-refractivity contribution >= 4 is 27.1 Å². The molecule has 0 radical (unpaired) electrons. The first-order chi connectivity index (χ1) is 9.35. The van der Waals surface area contributed by atoms with E-state index in [-0.39, 0.29) is 17.7 Å². The lowest BCUT2D eigenvalue weighted by atomic mass is 10.1. The molecule has 0 bridgehead atoms. The highest BCUT2D eigenvalue weighted by atomic mass is 32.2. The summed E-state index contributed by atoms with van der Waals surface area (Å²) in [5.74, 6) is 0.387. The van der Waals surface area contributed by atoms with Crippen LogP contribution in [0, 0.1) is 6.92 Å². The Morgan fingerprint density at radius 1 is 1.35 bits per heavy atom. The smallest absolute Gasteiger partial charge is 0.221 e. The number of carbonyl (C=O) groups is 1. The highest BCUT2D eigenvalue weighted by Gasteiger charge is 2.24. The van der Waals surface area contributed by atoms with E-state index in [1.807, 2.05) is 25.1 Å². The number of rotatable bonds is 3. The van der Waals surface area contributed by atoms with E-state index in [1.165, 1.54) is 6.92 Å². The van der Waals surface area contributed by atoms with Gasteiger partial charge in [-0.3, -0.25) is 4.79 Å². The molecule has 0 aliphatic carbocycles. The monoisotopic (exact) mass is 296 g/mol. The van der Waals surface area contributed by atoms with Crippen molar-refractivity contribution in [2.24, 2.45) is 0 Å². The van der Waals surface area contributed by atoms with Gasteiger partial charge in [-0.2, -0.15) is 0 Å². The molecule has 1 aliphatic heterocycles. The van der Waals surface area contributed by atoms with Crippen molar-refractivity contribution < 1.29 is 13.2 Å². The van der Waals surface area contributed by atoms with Crippen molar-refractivity contribution in [2.45, 2.75) is 32.7 Å². The molecule has 1 aromatic rings. The Labute approximate surface area is 119 Å². The second-order valence-electron chi connectivity index (χ2n) is 5.31. The molecule has 1 saturated heterocycles. The number of hydrogen-bond donors (Lipinski definition) is 2. The van der Waals surface area contributed by atoms with Crippen LogP contribution in [0.25, 0.3) is 0 Å². The van der Waals surface area contributed by atoms with Gasteiger partial charge in [0.15, 0.2) is 9.84 Å². The summed E-state index contributed by atoms with van der Waals surface area (Å²) >= 11 is 0. The molecular weight excluding hydrogens is 276 g/mol. The molecule has 1 amide bonds. The van der Waals surface area contributed by atoms with Crippen LogP contribution in [-0.4, -0.2) is 31.9 Å². The Kier molecular flexibility index (Phi) is 4.32. The van der Waals surface area contributed by atoms with Gasteiger partial charge in [0.25, 0.3) is 0 Å². The maximum atomic E-state index is 11.6. The second kappa shape index (κ2) is 5.83. The van der Waals surface area contributed by atoms with Gasteiger partial charge in [0.1, 0.15) is 0 Å². The van der Waals surface area contributed by atoms with E-state index in [4.69, 9.17) is 0 Å². The van der Waals surface area contributed by atoms with Gasteiger partial charge < -0.3 is 10.6 Å². The molecule has 1 aromatic carbocycles. The lowest BCUT2D eigenvalue weighted by molar-refractivity contribution is -0.114. The molecule has 1 fully saturated rings. The number of hydrogen-bond acceptors (Lipinski definition) is 4. The molecule has 1 aliphatic rings. The molecule has 2 rings (SSSR count). The minimum Gasteiger partial charge on any atom is -0.381 e. The Bertz CT molecular complexity index is 611. The van der Waals surface area contributed by atoms with Gasteiger partial charge in [-0.15, -0.1) is 0 Å². The zero-order valence-corrected chi connectivity index (χ0v) is 12.6. The summed E-state index contributed by atoms with van der Waals surface area (Å²) in [5, 5.41) is 6.02. The van der Waals surface area contributed by atoms with Crippen LogP contribution in [-0.2, 0) is 14.6 Å². The molecule has 6 heteroatoms. The second-order valence-corrected chi connectivity index (χ2v) is 7.54. The molecule has 20 heavy (non-hydrogen) atoms. The van der Waals surface area contributed by atoms with Crippen LogP contribution < -0.4 is 10.6 Å². The highest BCUT2D eigenvalue weighted by molar-refractivity contribution is 7.91. The first kappa shape index (κ1) is 14.8. The molecule has 0 aromatic heterocycles. The fourth-order valence-electron chi connectivity index (χ4n) is 2.46. The molecule has 1 atom stereocenters. The number of aryl methyl sites for hydroxylation is 1. The normalized spacial score (nSPS) is 21.2. The summed E-state index contributed by atoms with van der Waals surface area (Å²) in [6.07, 6.45) is 1.58. The quantitative estimate of drug-likeness (QED) is 0.894. The van der Waals surface area contributed by atoms with Crippen molar-refractivity contribution in [3.8, 4) is 0 Å². The Morgan fingerprint density at radius 2 is 2.10 bits per heavy atom. The molecule has 1 heterocycles. The molecule has 5 nitrogen and oxygen atoms in total. The van der Waals surface area contributed by atoms with Gasteiger partial charge in [0.05, 0.1) is 11.5 Å². The standard InChI is InChI=1S/C14H20N2O3S/c1-10-8-12(5-6-14(10)15-11(2)17)16-13-4-3-7-20(18,19)9-13/h5-6,8,13,16H,3-4,7,9H2,1-2H3,(H,15,17). The van der Waals surface area contributed by atoms with Crippen molar-refractivity contribution in [2.75, 3.05) is 22.1 Å². The van der Waals surface area contributed by atoms with Gasteiger partial charge in [-0.25, -0.2) is 8.42 Å². The van der Waals surface area contributed by atoms with Crippen LogP contribution >= 0.6 is 0 Å².